The molecule has 0 saturated heterocycles. The fourth-order valence-corrected chi connectivity index (χ4v) is 2.59. The predicted octanol–water partition coefficient (Wildman–Crippen LogP) is 1.50. The first-order valence-corrected chi connectivity index (χ1v) is 5.51. The molecule has 1 saturated carbocycles. The van der Waals surface area contributed by atoms with Crippen molar-refractivity contribution in [1.82, 2.24) is 0 Å². The van der Waals surface area contributed by atoms with Gasteiger partial charge in [0.2, 0.25) is 0 Å². The van der Waals surface area contributed by atoms with Crippen LogP contribution in [0.5, 0.6) is 0 Å². The molecule has 0 heterocycles. The first kappa shape index (κ1) is 12.6. The monoisotopic (exact) mass is 251 g/mol. The zero-order valence-corrected chi connectivity index (χ0v) is 10.1. The van der Waals surface area contributed by atoms with E-state index in [-0.39, 0.29) is 0 Å². The van der Waals surface area contributed by atoms with Gasteiger partial charge in [0.15, 0.2) is 10.8 Å². The summed E-state index contributed by atoms with van der Waals surface area (Å²) in [7, 11) is 1.14. The first-order valence-electron chi connectivity index (χ1n) is 5.51. The Kier molecular flexibility index (Phi) is 2.74. The van der Waals surface area contributed by atoms with Crippen molar-refractivity contribution in [1.29, 1.82) is 15.8 Å². The summed E-state index contributed by atoms with van der Waals surface area (Å²) in [6.07, 6.45) is 0. The number of ether oxygens (including phenoxy) is 1. The molecule has 2 atom stereocenters. The average molecular weight is 251 g/mol. The van der Waals surface area contributed by atoms with Gasteiger partial charge in [-0.2, -0.15) is 15.8 Å². The van der Waals surface area contributed by atoms with Gasteiger partial charge in [0, 0.05) is 0 Å². The minimum Gasteiger partial charge on any atom is -0.468 e. The standard InChI is InChI=1S/C14H9N3O2/c1-19-12(18)14(9-17)11(13(14,7-15)8-16)10-5-3-2-4-6-10/h2-6,11H,1H3. The number of benzene rings is 1. The Balaban J connectivity index is 2.63. The van der Waals surface area contributed by atoms with E-state index >= 15 is 0 Å². The number of carbonyl (C=O) groups excluding carboxylic acids is 1. The summed E-state index contributed by atoms with van der Waals surface area (Å²) in [4.78, 5) is 11.9. The van der Waals surface area contributed by atoms with Gasteiger partial charge in [-0.25, -0.2) is 0 Å². The SMILES string of the molecule is COC(=O)C1(C#N)C(c2ccccc2)C1(C#N)C#N. The maximum absolute atomic E-state index is 11.9. The van der Waals surface area contributed by atoms with E-state index in [0.717, 1.165) is 7.11 Å². The molecule has 5 nitrogen and oxygen atoms in total. The van der Waals surface area contributed by atoms with Crippen LogP contribution in [0.2, 0.25) is 0 Å². The van der Waals surface area contributed by atoms with Crippen LogP contribution in [0.1, 0.15) is 11.5 Å². The highest BCUT2D eigenvalue weighted by Gasteiger charge is 2.85. The largest absolute Gasteiger partial charge is 0.468 e. The van der Waals surface area contributed by atoms with Crippen LogP contribution in [0.4, 0.5) is 0 Å². The van der Waals surface area contributed by atoms with Crippen LogP contribution in [-0.2, 0) is 9.53 Å². The molecule has 0 bridgehead atoms. The molecule has 1 fully saturated rings. The number of nitriles is 3. The Morgan fingerprint density at radius 2 is 1.74 bits per heavy atom. The van der Waals surface area contributed by atoms with Crippen LogP contribution in [0, 0.1) is 44.8 Å². The number of methoxy groups -OCH3 is 1. The lowest BCUT2D eigenvalue weighted by atomic mass is 9.97. The van der Waals surface area contributed by atoms with Crippen molar-refractivity contribution in [2.45, 2.75) is 5.92 Å². The van der Waals surface area contributed by atoms with Gasteiger partial charge in [-0.1, -0.05) is 30.3 Å². The number of hydrogen-bond donors (Lipinski definition) is 0. The zero-order valence-electron chi connectivity index (χ0n) is 10.1. The van der Waals surface area contributed by atoms with Gasteiger partial charge in [-0.05, 0) is 5.56 Å². The molecule has 5 heteroatoms. The minimum absolute atomic E-state index is 0.609. The Hall–Kier alpha value is -2.84. The number of esters is 1. The summed E-state index contributed by atoms with van der Waals surface area (Å²) < 4.78 is 4.62. The molecule has 1 aromatic carbocycles. The van der Waals surface area contributed by atoms with Crippen molar-refractivity contribution < 1.29 is 9.53 Å². The highest BCUT2D eigenvalue weighted by molar-refractivity contribution is 5.91. The number of nitrogens with zero attached hydrogens (tertiary/aromatic N) is 3. The van der Waals surface area contributed by atoms with Crippen molar-refractivity contribution in [2.24, 2.45) is 10.8 Å². The molecular formula is C14H9N3O2. The first-order chi connectivity index (χ1) is 9.14. The van der Waals surface area contributed by atoms with E-state index in [0.29, 0.717) is 5.56 Å². The van der Waals surface area contributed by atoms with Gasteiger partial charge in [0.25, 0.3) is 0 Å². The summed E-state index contributed by atoms with van der Waals surface area (Å²) in [5, 5.41) is 27.9. The molecular weight excluding hydrogens is 242 g/mol. The third kappa shape index (κ3) is 1.29. The summed E-state index contributed by atoms with van der Waals surface area (Å²) >= 11 is 0. The van der Waals surface area contributed by atoms with Gasteiger partial charge in [-0.15, -0.1) is 0 Å². The summed E-state index contributed by atoms with van der Waals surface area (Å²) in [5.74, 6) is -1.62. The molecule has 0 radical (unpaired) electrons. The topological polar surface area (TPSA) is 97.7 Å². The van der Waals surface area contributed by atoms with E-state index in [1.165, 1.54) is 0 Å². The Bertz CT molecular complexity index is 634. The number of rotatable bonds is 2. The third-order valence-corrected chi connectivity index (χ3v) is 3.57. The minimum atomic E-state index is -1.74. The van der Waals surface area contributed by atoms with Gasteiger partial charge < -0.3 is 4.74 Å². The van der Waals surface area contributed by atoms with Crippen LogP contribution in [0.25, 0.3) is 0 Å². The van der Waals surface area contributed by atoms with Crippen LogP contribution < -0.4 is 0 Å². The lowest BCUT2D eigenvalue weighted by molar-refractivity contribution is -0.145. The molecule has 1 aliphatic carbocycles. The Labute approximate surface area is 110 Å². The second kappa shape index (κ2) is 4.12. The van der Waals surface area contributed by atoms with Crippen LogP contribution >= 0.6 is 0 Å². The molecule has 0 amide bonds. The second-order valence-corrected chi connectivity index (χ2v) is 4.29. The normalized spacial score (nSPS) is 26.3. The van der Waals surface area contributed by atoms with Gasteiger partial charge in [0.05, 0.1) is 31.2 Å². The molecule has 2 rings (SSSR count). The van der Waals surface area contributed by atoms with Gasteiger partial charge in [-0.3, -0.25) is 4.79 Å². The maximum Gasteiger partial charge on any atom is 0.329 e. The molecule has 19 heavy (non-hydrogen) atoms. The molecule has 0 spiro atoms. The second-order valence-electron chi connectivity index (χ2n) is 4.29. The zero-order chi connectivity index (χ0) is 14.1. The van der Waals surface area contributed by atoms with Crippen LogP contribution in [0.3, 0.4) is 0 Å². The fraction of sp³-hybridized carbons (Fsp3) is 0.286. The molecule has 1 aromatic rings. The van der Waals surface area contributed by atoms with Gasteiger partial charge >= 0.3 is 5.97 Å². The van der Waals surface area contributed by atoms with Crippen molar-refractivity contribution >= 4 is 5.97 Å². The van der Waals surface area contributed by atoms with Gasteiger partial charge in [0.1, 0.15) is 0 Å². The van der Waals surface area contributed by atoms with E-state index in [2.05, 4.69) is 4.74 Å². The molecule has 1 aliphatic rings. The molecule has 0 N–H and O–H groups in total. The van der Waals surface area contributed by atoms with Crippen LogP contribution in [0.15, 0.2) is 30.3 Å². The molecule has 0 aromatic heterocycles. The van der Waals surface area contributed by atoms with Crippen LogP contribution in [-0.4, -0.2) is 13.1 Å². The van der Waals surface area contributed by atoms with Crippen molar-refractivity contribution in [3.8, 4) is 18.2 Å². The number of carbonyl (C=O) groups is 1. The van der Waals surface area contributed by atoms with Crippen molar-refractivity contribution in [2.75, 3.05) is 7.11 Å². The van der Waals surface area contributed by atoms with E-state index in [4.69, 9.17) is 0 Å². The molecule has 92 valence electrons. The lowest BCUT2D eigenvalue weighted by Crippen LogP contribution is -2.22. The van der Waals surface area contributed by atoms with Crippen molar-refractivity contribution in [3.63, 3.8) is 0 Å². The summed E-state index contributed by atoms with van der Waals surface area (Å²) in [6, 6.07) is 14.1. The smallest absolute Gasteiger partial charge is 0.329 e. The predicted molar refractivity (Wildman–Crippen MR) is 62.9 cm³/mol. The number of hydrogen-bond acceptors (Lipinski definition) is 5. The maximum atomic E-state index is 11.9. The highest BCUT2D eigenvalue weighted by atomic mass is 16.5. The Morgan fingerprint density at radius 1 is 1.16 bits per heavy atom. The quantitative estimate of drug-likeness (QED) is 0.742. The van der Waals surface area contributed by atoms with E-state index in [1.807, 2.05) is 18.2 Å². The average Bonchev–Trinajstić information content (AvgIpc) is 3.11. The van der Waals surface area contributed by atoms with E-state index in [1.54, 1.807) is 30.3 Å². The highest BCUT2D eigenvalue weighted by Crippen LogP contribution is 2.74. The lowest BCUT2D eigenvalue weighted by Gasteiger charge is -2.05. The fourth-order valence-electron chi connectivity index (χ4n) is 2.59. The third-order valence-electron chi connectivity index (χ3n) is 3.57. The van der Waals surface area contributed by atoms with E-state index in [9.17, 15) is 20.6 Å². The van der Waals surface area contributed by atoms with E-state index < -0.39 is 22.7 Å². The summed E-state index contributed by atoms with van der Waals surface area (Å²) in [5.41, 5.74) is -2.82. The molecule has 2 unspecified atom stereocenters. The Morgan fingerprint density at radius 3 is 2.16 bits per heavy atom. The van der Waals surface area contributed by atoms with Crippen molar-refractivity contribution in [3.05, 3.63) is 35.9 Å². The summed E-state index contributed by atoms with van der Waals surface area (Å²) in [6.45, 7) is 0. The molecule has 0 aliphatic heterocycles.